The van der Waals surface area contributed by atoms with E-state index in [1.165, 1.54) is 0 Å². The lowest BCUT2D eigenvalue weighted by Crippen LogP contribution is -2.51. The SMILES string of the molecule is O=C(C(c1ccccc1)C1CC1)N1CCC(O)(C(=O)O)CC1. The van der Waals surface area contributed by atoms with Crippen LogP contribution in [0, 0.1) is 5.92 Å². The van der Waals surface area contributed by atoms with Crippen LogP contribution in [0.25, 0.3) is 0 Å². The number of hydrogen-bond acceptors (Lipinski definition) is 3. The van der Waals surface area contributed by atoms with Gasteiger partial charge >= 0.3 is 5.97 Å². The Hall–Kier alpha value is -1.88. The van der Waals surface area contributed by atoms with Crippen LogP contribution in [0.2, 0.25) is 0 Å². The molecule has 1 unspecified atom stereocenters. The quantitative estimate of drug-likeness (QED) is 0.886. The molecule has 5 heteroatoms. The van der Waals surface area contributed by atoms with Crippen LogP contribution in [0.3, 0.4) is 0 Å². The van der Waals surface area contributed by atoms with Crippen LogP contribution in [-0.4, -0.2) is 45.7 Å². The number of rotatable bonds is 4. The number of carboxylic acid groups (broad SMARTS) is 1. The predicted molar refractivity (Wildman–Crippen MR) is 80.3 cm³/mol. The number of carbonyl (C=O) groups excluding carboxylic acids is 1. The number of likely N-dealkylation sites (tertiary alicyclic amines) is 1. The number of aliphatic carboxylic acids is 1. The number of hydrogen-bond donors (Lipinski definition) is 2. The second-order valence-corrected chi connectivity index (χ2v) is 6.39. The van der Waals surface area contributed by atoms with Gasteiger partial charge < -0.3 is 15.1 Å². The first kappa shape index (κ1) is 15.0. The maximum atomic E-state index is 12.9. The molecule has 5 nitrogen and oxygen atoms in total. The van der Waals surface area contributed by atoms with Crippen LogP contribution >= 0.6 is 0 Å². The summed E-state index contributed by atoms with van der Waals surface area (Å²) >= 11 is 0. The van der Waals surface area contributed by atoms with Gasteiger partial charge in [0, 0.05) is 25.9 Å². The third-order valence-corrected chi connectivity index (χ3v) is 4.82. The number of aliphatic hydroxyl groups is 1. The summed E-state index contributed by atoms with van der Waals surface area (Å²) in [7, 11) is 0. The highest BCUT2D eigenvalue weighted by Gasteiger charge is 2.44. The Labute approximate surface area is 129 Å². The molecule has 2 aliphatic rings. The zero-order chi connectivity index (χ0) is 15.7. The Kier molecular flexibility index (Phi) is 3.91. The van der Waals surface area contributed by atoms with Gasteiger partial charge in [-0.05, 0) is 24.3 Å². The molecule has 118 valence electrons. The molecule has 0 aromatic heterocycles. The molecule has 1 heterocycles. The van der Waals surface area contributed by atoms with E-state index in [2.05, 4.69) is 0 Å². The summed E-state index contributed by atoms with van der Waals surface area (Å²) in [5.41, 5.74) is -0.646. The van der Waals surface area contributed by atoms with Crippen molar-refractivity contribution in [3.05, 3.63) is 35.9 Å². The number of carbonyl (C=O) groups is 2. The third-order valence-electron chi connectivity index (χ3n) is 4.82. The fourth-order valence-corrected chi connectivity index (χ4v) is 3.21. The molecule has 2 fully saturated rings. The van der Waals surface area contributed by atoms with E-state index in [0.717, 1.165) is 18.4 Å². The molecule has 0 bridgehead atoms. The fraction of sp³-hybridized carbons (Fsp3) is 0.529. The topological polar surface area (TPSA) is 77.8 Å². The van der Waals surface area contributed by atoms with Crippen molar-refractivity contribution in [2.24, 2.45) is 5.92 Å². The summed E-state index contributed by atoms with van der Waals surface area (Å²) in [5, 5.41) is 19.0. The van der Waals surface area contributed by atoms with Gasteiger partial charge in [0.15, 0.2) is 5.60 Å². The Morgan fingerprint density at radius 2 is 1.73 bits per heavy atom. The molecule has 2 N–H and O–H groups in total. The molecule has 22 heavy (non-hydrogen) atoms. The van der Waals surface area contributed by atoms with Gasteiger partial charge in [0.2, 0.25) is 5.91 Å². The average Bonchev–Trinajstić information content (AvgIpc) is 3.34. The zero-order valence-electron chi connectivity index (χ0n) is 12.4. The smallest absolute Gasteiger partial charge is 0.335 e. The van der Waals surface area contributed by atoms with Crippen LogP contribution in [0.15, 0.2) is 30.3 Å². The van der Waals surface area contributed by atoms with Crippen molar-refractivity contribution in [2.75, 3.05) is 13.1 Å². The van der Waals surface area contributed by atoms with E-state index in [0.29, 0.717) is 19.0 Å². The minimum atomic E-state index is -1.68. The Morgan fingerprint density at radius 3 is 2.23 bits per heavy atom. The van der Waals surface area contributed by atoms with Crippen LogP contribution in [0.4, 0.5) is 0 Å². The van der Waals surface area contributed by atoms with Crippen LogP contribution in [0.5, 0.6) is 0 Å². The largest absolute Gasteiger partial charge is 0.479 e. The van der Waals surface area contributed by atoms with E-state index in [-0.39, 0.29) is 24.7 Å². The lowest BCUT2D eigenvalue weighted by molar-refractivity contribution is -0.165. The van der Waals surface area contributed by atoms with Gasteiger partial charge in [-0.1, -0.05) is 30.3 Å². The lowest BCUT2D eigenvalue weighted by atomic mass is 9.88. The number of carboxylic acids is 1. The van der Waals surface area contributed by atoms with E-state index >= 15 is 0 Å². The van der Waals surface area contributed by atoms with E-state index < -0.39 is 11.6 Å². The molecule has 1 aromatic carbocycles. The predicted octanol–water partition coefficient (Wildman–Crippen LogP) is 1.62. The lowest BCUT2D eigenvalue weighted by Gasteiger charge is -2.37. The van der Waals surface area contributed by atoms with Gasteiger partial charge in [-0.2, -0.15) is 0 Å². The highest BCUT2D eigenvalue weighted by molar-refractivity contribution is 5.85. The minimum Gasteiger partial charge on any atom is -0.479 e. The molecular weight excluding hydrogens is 282 g/mol. The van der Waals surface area contributed by atoms with Crippen LogP contribution in [0.1, 0.15) is 37.2 Å². The van der Waals surface area contributed by atoms with Crippen molar-refractivity contribution < 1.29 is 19.8 Å². The second kappa shape index (κ2) is 5.72. The fourth-order valence-electron chi connectivity index (χ4n) is 3.21. The highest BCUT2D eigenvalue weighted by Crippen LogP contribution is 2.44. The number of nitrogens with zero attached hydrogens (tertiary/aromatic N) is 1. The van der Waals surface area contributed by atoms with Crippen LogP contribution in [-0.2, 0) is 9.59 Å². The van der Waals surface area contributed by atoms with Gasteiger partial charge in [-0.3, -0.25) is 4.79 Å². The summed E-state index contributed by atoms with van der Waals surface area (Å²) in [6, 6.07) is 9.79. The van der Waals surface area contributed by atoms with Gasteiger partial charge in [0.05, 0.1) is 5.92 Å². The summed E-state index contributed by atoms with van der Waals surface area (Å²) in [5.74, 6) is -0.852. The van der Waals surface area contributed by atoms with Crippen molar-refractivity contribution in [1.29, 1.82) is 0 Å². The Morgan fingerprint density at radius 1 is 1.14 bits per heavy atom. The van der Waals surface area contributed by atoms with Gasteiger partial charge in [0.1, 0.15) is 0 Å². The first-order valence-corrected chi connectivity index (χ1v) is 7.81. The average molecular weight is 303 g/mol. The van der Waals surface area contributed by atoms with E-state index in [9.17, 15) is 14.7 Å². The molecule has 1 atom stereocenters. The molecule has 1 aliphatic heterocycles. The maximum absolute atomic E-state index is 12.9. The number of benzene rings is 1. The molecule has 1 saturated carbocycles. The summed E-state index contributed by atoms with van der Waals surface area (Å²) in [6.45, 7) is 0.607. The summed E-state index contributed by atoms with van der Waals surface area (Å²) in [6.07, 6.45) is 2.33. The van der Waals surface area contributed by atoms with E-state index in [1.54, 1.807) is 4.90 Å². The molecule has 3 rings (SSSR count). The first-order valence-electron chi connectivity index (χ1n) is 7.81. The van der Waals surface area contributed by atoms with Crippen molar-refractivity contribution in [2.45, 2.75) is 37.2 Å². The molecule has 1 amide bonds. The van der Waals surface area contributed by atoms with Gasteiger partial charge in [-0.25, -0.2) is 4.79 Å². The molecule has 1 saturated heterocycles. The molecule has 1 aliphatic carbocycles. The van der Waals surface area contributed by atoms with E-state index in [4.69, 9.17) is 5.11 Å². The second-order valence-electron chi connectivity index (χ2n) is 6.39. The molecule has 0 spiro atoms. The maximum Gasteiger partial charge on any atom is 0.335 e. The van der Waals surface area contributed by atoms with Crippen molar-refractivity contribution >= 4 is 11.9 Å². The van der Waals surface area contributed by atoms with E-state index in [1.807, 2.05) is 30.3 Å². The Balaban J connectivity index is 1.72. The highest BCUT2D eigenvalue weighted by atomic mass is 16.4. The van der Waals surface area contributed by atoms with Crippen LogP contribution < -0.4 is 0 Å². The number of amides is 1. The summed E-state index contributed by atoms with van der Waals surface area (Å²) in [4.78, 5) is 25.6. The Bertz CT molecular complexity index is 559. The van der Waals surface area contributed by atoms with Crippen molar-refractivity contribution in [3.63, 3.8) is 0 Å². The normalized spacial score (nSPS) is 22.1. The zero-order valence-corrected chi connectivity index (χ0v) is 12.4. The van der Waals surface area contributed by atoms with Gasteiger partial charge in [0.25, 0.3) is 0 Å². The third kappa shape index (κ3) is 2.86. The van der Waals surface area contributed by atoms with Crippen molar-refractivity contribution in [3.8, 4) is 0 Å². The minimum absolute atomic E-state index is 0.0705. The number of piperidine rings is 1. The first-order chi connectivity index (χ1) is 10.5. The molecular formula is C17H21NO4. The summed E-state index contributed by atoms with van der Waals surface area (Å²) < 4.78 is 0. The van der Waals surface area contributed by atoms with Crippen molar-refractivity contribution in [1.82, 2.24) is 4.90 Å². The molecule has 1 aromatic rings. The standard InChI is InChI=1S/C17H21NO4/c19-15(18-10-8-17(22,9-11-18)16(20)21)14(13-6-7-13)12-4-2-1-3-5-12/h1-5,13-14,22H,6-11H2,(H,20,21). The molecule has 0 radical (unpaired) electrons. The monoisotopic (exact) mass is 303 g/mol. The van der Waals surface area contributed by atoms with Gasteiger partial charge in [-0.15, -0.1) is 0 Å².